The largest absolute Gasteiger partial charge is 0.316 e. The van der Waals surface area contributed by atoms with Crippen molar-refractivity contribution in [2.75, 3.05) is 13.6 Å². The quantitative estimate of drug-likeness (QED) is 0.784. The molecule has 72 valence electrons. The zero-order valence-corrected chi connectivity index (χ0v) is 8.54. The van der Waals surface area contributed by atoms with Crippen molar-refractivity contribution in [3.05, 3.63) is 41.0 Å². The second-order valence-corrected chi connectivity index (χ2v) is 3.15. The molecule has 0 aromatic heterocycles. The number of nitriles is 1. The van der Waals surface area contributed by atoms with Crippen LogP contribution in [0, 0.1) is 18.3 Å². The number of nitrogens with one attached hydrogen (secondary N) is 1. The van der Waals surface area contributed by atoms with E-state index in [1.807, 2.05) is 38.2 Å². The van der Waals surface area contributed by atoms with E-state index in [4.69, 9.17) is 5.26 Å². The molecule has 1 aromatic rings. The number of hydrogen-bond donors (Lipinski definition) is 1. The van der Waals surface area contributed by atoms with Crippen LogP contribution in [-0.2, 0) is 0 Å². The molecule has 1 rings (SSSR count). The van der Waals surface area contributed by atoms with Gasteiger partial charge in [0.25, 0.3) is 0 Å². The maximum absolute atomic E-state index is 8.75. The zero-order chi connectivity index (χ0) is 10.4. The zero-order valence-electron chi connectivity index (χ0n) is 8.54. The number of rotatable bonds is 3. The summed E-state index contributed by atoms with van der Waals surface area (Å²) in [6, 6.07) is 7.98. The highest BCUT2D eigenvalue weighted by atomic mass is 14.8. The highest BCUT2D eigenvalue weighted by Gasteiger charge is 1.95. The first-order chi connectivity index (χ1) is 6.77. The summed E-state index contributed by atoms with van der Waals surface area (Å²) >= 11 is 0. The van der Waals surface area contributed by atoms with Gasteiger partial charge in [-0.3, -0.25) is 0 Å². The van der Waals surface area contributed by atoms with E-state index in [1.165, 1.54) is 0 Å². The molecule has 2 heteroatoms. The van der Waals surface area contributed by atoms with Gasteiger partial charge in [0.15, 0.2) is 0 Å². The van der Waals surface area contributed by atoms with E-state index in [-0.39, 0.29) is 0 Å². The van der Waals surface area contributed by atoms with Gasteiger partial charge in [-0.1, -0.05) is 24.3 Å². The molecule has 0 fully saturated rings. The molecule has 0 atom stereocenters. The van der Waals surface area contributed by atoms with Gasteiger partial charge in [0.1, 0.15) is 0 Å². The SMILES string of the molecule is CNCC=Cc1ccc(C#N)c(C)c1. The molecule has 0 aliphatic heterocycles. The third kappa shape index (κ3) is 2.72. The Morgan fingerprint density at radius 3 is 2.86 bits per heavy atom. The first-order valence-electron chi connectivity index (χ1n) is 4.60. The van der Waals surface area contributed by atoms with Gasteiger partial charge >= 0.3 is 0 Å². The predicted molar refractivity (Wildman–Crippen MR) is 58.9 cm³/mol. The van der Waals surface area contributed by atoms with Gasteiger partial charge < -0.3 is 5.32 Å². The Kier molecular flexibility index (Phi) is 3.90. The Morgan fingerprint density at radius 2 is 2.29 bits per heavy atom. The molecule has 0 aliphatic rings. The Bertz CT molecular complexity index is 372. The van der Waals surface area contributed by atoms with Crippen LogP contribution in [0.2, 0.25) is 0 Å². The molecule has 0 bridgehead atoms. The average Bonchev–Trinajstić information content (AvgIpc) is 2.18. The van der Waals surface area contributed by atoms with Crippen LogP contribution in [-0.4, -0.2) is 13.6 Å². The summed E-state index contributed by atoms with van der Waals surface area (Å²) in [6.07, 6.45) is 4.10. The summed E-state index contributed by atoms with van der Waals surface area (Å²) < 4.78 is 0. The lowest BCUT2D eigenvalue weighted by Crippen LogP contribution is -2.03. The van der Waals surface area contributed by atoms with Gasteiger partial charge in [-0.15, -0.1) is 0 Å². The van der Waals surface area contributed by atoms with E-state index >= 15 is 0 Å². The highest BCUT2D eigenvalue weighted by Crippen LogP contribution is 2.10. The highest BCUT2D eigenvalue weighted by molar-refractivity contribution is 5.53. The Hall–Kier alpha value is -1.59. The summed E-state index contributed by atoms with van der Waals surface area (Å²) in [5.74, 6) is 0. The minimum absolute atomic E-state index is 0.746. The Labute approximate surface area is 84.9 Å². The summed E-state index contributed by atoms with van der Waals surface area (Å²) in [5.41, 5.74) is 2.91. The minimum atomic E-state index is 0.746. The standard InChI is InChI=1S/C12H14N2/c1-10-8-11(4-3-7-14-2)5-6-12(10)9-13/h3-6,8,14H,7H2,1-2H3. The fourth-order valence-corrected chi connectivity index (χ4v) is 1.23. The maximum atomic E-state index is 8.75. The van der Waals surface area contributed by atoms with Gasteiger partial charge in [-0.2, -0.15) is 5.26 Å². The predicted octanol–water partition coefficient (Wildman–Crippen LogP) is 2.10. The van der Waals surface area contributed by atoms with Gasteiger partial charge in [0.2, 0.25) is 0 Å². The van der Waals surface area contributed by atoms with Crippen LogP contribution in [0.4, 0.5) is 0 Å². The monoisotopic (exact) mass is 186 g/mol. The number of likely N-dealkylation sites (N-methyl/N-ethyl adjacent to an activating group) is 1. The molecule has 0 spiro atoms. The molecular formula is C12H14N2. The topological polar surface area (TPSA) is 35.8 Å². The van der Waals surface area contributed by atoms with Crippen LogP contribution >= 0.6 is 0 Å². The molecule has 0 aliphatic carbocycles. The normalized spacial score (nSPS) is 10.4. The molecule has 1 N–H and O–H groups in total. The molecule has 1 aromatic carbocycles. The Balaban J connectivity index is 2.82. The second-order valence-electron chi connectivity index (χ2n) is 3.15. The molecule has 0 heterocycles. The van der Waals surface area contributed by atoms with Crippen molar-refractivity contribution in [3.8, 4) is 6.07 Å². The number of nitrogens with zero attached hydrogens (tertiary/aromatic N) is 1. The molecule has 0 saturated heterocycles. The van der Waals surface area contributed by atoms with Crippen LogP contribution in [0.3, 0.4) is 0 Å². The van der Waals surface area contributed by atoms with Gasteiger partial charge in [0.05, 0.1) is 11.6 Å². The summed E-state index contributed by atoms with van der Waals surface area (Å²) in [4.78, 5) is 0. The number of hydrogen-bond acceptors (Lipinski definition) is 2. The third-order valence-electron chi connectivity index (χ3n) is 2.00. The molecule has 0 saturated carbocycles. The minimum Gasteiger partial charge on any atom is -0.316 e. The third-order valence-corrected chi connectivity index (χ3v) is 2.00. The average molecular weight is 186 g/mol. The fourth-order valence-electron chi connectivity index (χ4n) is 1.23. The number of aryl methyl sites for hydroxylation is 1. The van der Waals surface area contributed by atoms with E-state index in [1.54, 1.807) is 0 Å². The second kappa shape index (κ2) is 5.21. The van der Waals surface area contributed by atoms with Crippen molar-refractivity contribution in [2.45, 2.75) is 6.92 Å². The van der Waals surface area contributed by atoms with Crippen LogP contribution in [0.15, 0.2) is 24.3 Å². The summed E-state index contributed by atoms with van der Waals surface area (Å²) in [7, 11) is 1.91. The number of benzene rings is 1. The lowest BCUT2D eigenvalue weighted by Gasteiger charge is -1.98. The maximum Gasteiger partial charge on any atom is 0.0994 e. The lowest BCUT2D eigenvalue weighted by atomic mass is 10.1. The molecule has 0 amide bonds. The molecule has 14 heavy (non-hydrogen) atoms. The van der Waals surface area contributed by atoms with Crippen LogP contribution in [0.1, 0.15) is 16.7 Å². The van der Waals surface area contributed by atoms with Crippen molar-refractivity contribution in [1.82, 2.24) is 5.32 Å². The van der Waals surface area contributed by atoms with Crippen LogP contribution in [0.25, 0.3) is 6.08 Å². The summed E-state index contributed by atoms with van der Waals surface area (Å²) in [6.45, 7) is 2.81. The van der Waals surface area contributed by atoms with Crippen LogP contribution in [0.5, 0.6) is 0 Å². The van der Waals surface area contributed by atoms with E-state index in [0.717, 1.165) is 23.2 Å². The first kappa shape index (κ1) is 10.5. The van der Waals surface area contributed by atoms with Crippen molar-refractivity contribution in [3.63, 3.8) is 0 Å². The van der Waals surface area contributed by atoms with Gasteiger partial charge in [-0.05, 0) is 31.2 Å². The van der Waals surface area contributed by atoms with Crippen molar-refractivity contribution in [2.24, 2.45) is 0 Å². The van der Waals surface area contributed by atoms with E-state index in [2.05, 4.69) is 17.5 Å². The van der Waals surface area contributed by atoms with Gasteiger partial charge in [-0.25, -0.2) is 0 Å². The van der Waals surface area contributed by atoms with Gasteiger partial charge in [0, 0.05) is 6.54 Å². The molecular weight excluding hydrogens is 172 g/mol. The van der Waals surface area contributed by atoms with E-state index in [9.17, 15) is 0 Å². The summed E-state index contributed by atoms with van der Waals surface area (Å²) in [5, 5.41) is 11.8. The van der Waals surface area contributed by atoms with Crippen molar-refractivity contribution < 1.29 is 0 Å². The molecule has 0 radical (unpaired) electrons. The lowest BCUT2D eigenvalue weighted by molar-refractivity contribution is 0.922. The van der Waals surface area contributed by atoms with Crippen LogP contribution < -0.4 is 5.32 Å². The van der Waals surface area contributed by atoms with E-state index in [0.29, 0.717) is 0 Å². The van der Waals surface area contributed by atoms with Crippen molar-refractivity contribution >= 4 is 6.08 Å². The first-order valence-corrected chi connectivity index (χ1v) is 4.60. The van der Waals surface area contributed by atoms with E-state index < -0.39 is 0 Å². The molecule has 0 unspecified atom stereocenters. The Morgan fingerprint density at radius 1 is 1.50 bits per heavy atom. The fraction of sp³-hybridized carbons (Fsp3) is 0.250. The molecule has 2 nitrogen and oxygen atoms in total. The van der Waals surface area contributed by atoms with Crippen molar-refractivity contribution in [1.29, 1.82) is 5.26 Å². The smallest absolute Gasteiger partial charge is 0.0994 e.